The molecular formula is C32H29ClFN3O5S2. The maximum Gasteiger partial charge on any atom is 0.138 e. The van der Waals surface area contributed by atoms with Gasteiger partial charge in [0.25, 0.3) is 0 Å². The molecule has 0 radical (unpaired) electrons. The van der Waals surface area contributed by atoms with E-state index >= 15 is 0 Å². The number of nitriles is 1. The number of Topliss-reactive ketones (excluding diaryl/α,β-unsaturated/α-hetero) is 1. The highest BCUT2D eigenvalue weighted by atomic mass is 35.5. The molecule has 1 fully saturated rings. The van der Waals surface area contributed by atoms with E-state index in [1.165, 1.54) is 18.3 Å². The summed E-state index contributed by atoms with van der Waals surface area (Å²) in [6.07, 6.45) is 1.86. The SMILES string of the molecule is N#Cc1cnc2cc(OC[C@H](O)CO)c(CC(=O)CC3CCSS3)cc2c1Nc1ccc(OCc2cccc(F)c2)c(Cl)c1. The van der Waals surface area contributed by atoms with Gasteiger partial charge in [0.05, 0.1) is 28.4 Å². The molecule has 1 aromatic heterocycles. The van der Waals surface area contributed by atoms with Gasteiger partial charge in [0.15, 0.2) is 0 Å². The van der Waals surface area contributed by atoms with Gasteiger partial charge in [0.2, 0.25) is 0 Å². The molecule has 2 atom stereocenters. The molecule has 0 spiro atoms. The summed E-state index contributed by atoms with van der Waals surface area (Å²) in [5.74, 6) is 1.51. The van der Waals surface area contributed by atoms with Gasteiger partial charge in [-0.2, -0.15) is 5.26 Å². The van der Waals surface area contributed by atoms with Gasteiger partial charge in [-0.15, -0.1) is 0 Å². The van der Waals surface area contributed by atoms with Crippen LogP contribution in [0.2, 0.25) is 5.02 Å². The van der Waals surface area contributed by atoms with Gasteiger partial charge in [0.1, 0.15) is 48.5 Å². The predicted molar refractivity (Wildman–Crippen MR) is 172 cm³/mol. The average molecular weight is 654 g/mol. The van der Waals surface area contributed by atoms with Gasteiger partial charge in [-0.1, -0.05) is 45.3 Å². The number of nitrogens with zero attached hydrogens (tertiary/aromatic N) is 2. The summed E-state index contributed by atoms with van der Waals surface area (Å²) in [5.41, 5.74) is 3.08. The fourth-order valence-electron chi connectivity index (χ4n) is 4.67. The number of benzene rings is 3. The lowest BCUT2D eigenvalue weighted by Gasteiger charge is -2.18. The Hall–Kier alpha value is -3.53. The van der Waals surface area contributed by atoms with Crippen LogP contribution < -0.4 is 14.8 Å². The Morgan fingerprint density at radius 2 is 2.07 bits per heavy atom. The number of anilines is 2. The number of aliphatic hydroxyl groups is 2. The van der Waals surface area contributed by atoms with Crippen molar-refractivity contribution in [1.82, 2.24) is 4.98 Å². The monoisotopic (exact) mass is 653 g/mol. The van der Waals surface area contributed by atoms with Crippen LogP contribution in [-0.4, -0.2) is 51.3 Å². The van der Waals surface area contributed by atoms with Crippen molar-refractivity contribution in [1.29, 1.82) is 5.26 Å². The van der Waals surface area contributed by atoms with Crippen LogP contribution >= 0.6 is 33.2 Å². The quantitative estimate of drug-likeness (QED) is 0.136. The molecule has 4 aromatic rings. The minimum atomic E-state index is -1.09. The van der Waals surface area contributed by atoms with Gasteiger partial charge in [-0.25, -0.2) is 4.39 Å². The molecule has 1 saturated heterocycles. The highest BCUT2D eigenvalue weighted by Crippen LogP contribution is 2.40. The smallest absolute Gasteiger partial charge is 0.138 e. The normalized spacial score (nSPS) is 15.1. The Kier molecular flexibility index (Phi) is 10.8. The van der Waals surface area contributed by atoms with Crippen molar-refractivity contribution < 1.29 is 28.9 Å². The minimum absolute atomic E-state index is 0.0522. The van der Waals surface area contributed by atoms with Gasteiger partial charge < -0.3 is 25.0 Å². The van der Waals surface area contributed by atoms with Crippen molar-refractivity contribution in [2.75, 3.05) is 24.3 Å². The standard InChI is InChI=1S/C32H29ClFN3O5S2/c33-28-11-23(4-5-30(28)41-17-19-2-1-3-22(34)8-19)37-32-21(14-35)15-36-29-13-31(42-18-25(40)16-38)20(10-27(29)32)9-24(39)12-26-6-7-43-44-26/h1-5,8,10-11,13,15,25-26,38,40H,6-7,9,12,16-18H2,(H,36,37)/t25-,26?/m1/s1. The first-order valence-corrected chi connectivity index (χ1v) is 16.6. The molecule has 0 aliphatic carbocycles. The van der Waals surface area contributed by atoms with E-state index in [9.17, 15) is 24.7 Å². The number of hydrogen-bond acceptors (Lipinski definition) is 10. The third-order valence-corrected chi connectivity index (χ3v) is 10.1. The highest BCUT2D eigenvalue weighted by molar-refractivity contribution is 8.77. The third kappa shape index (κ3) is 8.14. The van der Waals surface area contributed by atoms with E-state index in [0.29, 0.717) is 56.3 Å². The number of aromatic nitrogens is 1. The topological polar surface area (TPSA) is 125 Å². The summed E-state index contributed by atoms with van der Waals surface area (Å²) in [6, 6.07) is 16.8. The zero-order valence-electron chi connectivity index (χ0n) is 23.5. The lowest BCUT2D eigenvalue weighted by molar-refractivity contribution is -0.118. The maximum absolute atomic E-state index is 13.5. The van der Waals surface area contributed by atoms with Crippen LogP contribution in [0.3, 0.4) is 0 Å². The first-order valence-electron chi connectivity index (χ1n) is 13.8. The average Bonchev–Trinajstić information content (AvgIpc) is 3.52. The first kappa shape index (κ1) is 31.9. The molecular weight excluding hydrogens is 625 g/mol. The molecule has 44 heavy (non-hydrogen) atoms. The molecule has 0 bridgehead atoms. The van der Waals surface area contributed by atoms with Crippen LogP contribution in [0, 0.1) is 17.1 Å². The molecule has 1 unspecified atom stereocenters. The Morgan fingerprint density at radius 1 is 1.20 bits per heavy atom. The van der Waals surface area contributed by atoms with Crippen LogP contribution in [0.4, 0.5) is 15.8 Å². The second-order valence-electron chi connectivity index (χ2n) is 10.2. The van der Waals surface area contributed by atoms with E-state index in [1.807, 2.05) is 0 Å². The summed E-state index contributed by atoms with van der Waals surface area (Å²) < 4.78 is 25.1. The number of rotatable bonds is 13. The third-order valence-electron chi connectivity index (χ3n) is 6.87. The van der Waals surface area contributed by atoms with Crippen molar-refractivity contribution in [3.05, 3.63) is 88.3 Å². The maximum atomic E-state index is 13.5. The van der Waals surface area contributed by atoms with Crippen molar-refractivity contribution in [2.45, 2.75) is 37.2 Å². The molecule has 228 valence electrons. The number of nitrogens with one attached hydrogen (secondary N) is 1. The van der Waals surface area contributed by atoms with E-state index in [2.05, 4.69) is 16.4 Å². The van der Waals surface area contributed by atoms with E-state index in [4.69, 9.17) is 21.1 Å². The Morgan fingerprint density at radius 3 is 2.80 bits per heavy atom. The van der Waals surface area contributed by atoms with E-state index < -0.39 is 12.7 Å². The first-order chi connectivity index (χ1) is 21.3. The van der Waals surface area contributed by atoms with Gasteiger partial charge >= 0.3 is 0 Å². The van der Waals surface area contributed by atoms with Crippen LogP contribution in [-0.2, 0) is 17.8 Å². The summed E-state index contributed by atoms with van der Waals surface area (Å²) in [7, 11) is 3.50. The second-order valence-corrected chi connectivity index (χ2v) is 13.4. The highest BCUT2D eigenvalue weighted by Gasteiger charge is 2.22. The zero-order chi connectivity index (χ0) is 31.1. The summed E-state index contributed by atoms with van der Waals surface area (Å²) in [4.78, 5) is 17.5. The van der Waals surface area contributed by atoms with E-state index in [-0.39, 0.29) is 42.0 Å². The second kappa shape index (κ2) is 15.0. The Labute approximate surface area is 266 Å². The van der Waals surface area contributed by atoms with Crippen molar-refractivity contribution in [2.24, 2.45) is 0 Å². The number of carbonyl (C=O) groups excluding carboxylic acids is 1. The number of hydrogen-bond donors (Lipinski definition) is 3. The summed E-state index contributed by atoms with van der Waals surface area (Å²) in [5, 5.41) is 33.5. The molecule has 0 amide bonds. The van der Waals surface area contributed by atoms with E-state index in [1.54, 1.807) is 64.1 Å². The lowest BCUT2D eigenvalue weighted by Crippen LogP contribution is -2.22. The molecule has 1 aliphatic rings. The molecule has 3 N–H and O–H groups in total. The molecule has 2 heterocycles. The molecule has 1 aliphatic heterocycles. The fourth-order valence-corrected chi connectivity index (χ4v) is 7.84. The zero-order valence-corrected chi connectivity index (χ0v) is 25.9. The number of fused-ring (bicyclic) bond motifs is 1. The molecule has 0 saturated carbocycles. The Balaban J connectivity index is 1.43. The van der Waals surface area contributed by atoms with Crippen molar-refractivity contribution in [3.63, 3.8) is 0 Å². The number of carbonyl (C=O) groups is 1. The summed E-state index contributed by atoms with van der Waals surface area (Å²) in [6.45, 7) is -0.489. The number of ether oxygens (including phenoxy) is 2. The summed E-state index contributed by atoms with van der Waals surface area (Å²) >= 11 is 6.52. The molecule has 12 heteroatoms. The van der Waals surface area contributed by atoms with Crippen LogP contribution in [0.5, 0.6) is 11.5 Å². The van der Waals surface area contributed by atoms with Gasteiger partial charge in [-0.3, -0.25) is 9.78 Å². The molecule has 8 nitrogen and oxygen atoms in total. The van der Waals surface area contributed by atoms with Crippen molar-refractivity contribution in [3.8, 4) is 17.6 Å². The number of halogens is 2. The van der Waals surface area contributed by atoms with Crippen LogP contribution in [0.15, 0.2) is 60.8 Å². The molecule has 5 rings (SSSR count). The minimum Gasteiger partial charge on any atom is -0.490 e. The van der Waals surface area contributed by atoms with Crippen LogP contribution in [0.1, 0.15) is 29.5 Å². The predicted octanol–water partition coefficient (Wildman–Crippen LogP) is 6.61. The van der Waals surface area contributed by atoms with Gasteiger partial charge in [-0.05, 0) is 48.4 Å². The number of ketones is 1. The van der Waals surface area contributed by atoms with Crippen molar-refractivity contribution >= 4 is 61.2 Å². The number of pyridine rings is 1. The van der Waals surface area contributed by atoms with E-state index in [0.717, 1.165) is 12.2 Å². The Bertz CT molecular complexity index is 1700. The largest absolute Gasteiger partial charge is 0.490 e. The van der Waals surface area contributed by atoms with Crippen LogP contribution in [0.25, 0.3) is 10.9 Å². The fraction of sp³-hybridized carbons (Fsp3) is 0.281. The lowest BCUT2D eigenvalue weighted by atomic mass is 10.00. The molecule has 3 aromatic carbocycles. The number of aliphatic hydroxyl groups excluding tert-OH is 2. The van der Waals surface area contributed by atoms with Gasteiger partial charge in [0, 0.05) is 52.7 Å².